The maximum atomic E-state index is 12.1. The van der Waals surface area contributed by atoms with Crippen LogP contribution in [-0.2, 0) is 9.84 Å². The van der Waals surface area contributed by atoms with Crippen LogP contribution in [0.15, 0.2) is 23.1 Å². The van der Waals surface area contributed by atoms with E-state index in [9.17, 15) is 8.42 Å². The molecule has 0 aromatic heterocycles. The van der Waals surface area contributed by atoms with Crippen molar-refractivity contribution in [3.63, 3.8) is 0 Å². The molecule has 0 bridgehead atoms. The molecule has 18 heavy (non-hydrogen) atoms. The third-order valence-corrected chi connectivity index (χ3v) is 4.62. The molecular formula is C12H15ClN2O2S. The second-order valence-electron chi connectivity index (χ2n) is 4.75. The molecule has 0 spiro atoms. The number of nitriles is 1. The first-order valence-corrected chi connectivity index (χ1v) is 7.40. The minimum Gasteiger partial charge on any atom is -0.398 e. The Morgan fingerprint density at radius 3 is 2.56 bits per heavy atom. The predicted octanol–water partition coefficient (Wildman–Crippen LogP) is 2.64. The van der Waals surface area contributed by atoms with Crippen molar-refractivity contribution in [1.29, 1.82) is 5.26 Å². The topological polar surface area (TPSA) is 84.0 Å². The highest BCUT2D eigenvalue weighted by Gasteiger charge is 2.24. The summed E-state index contributed by atoms with van der Waals surface area (Å²) in [5.74, 6) is -0.112. The third-order valence-electron chi connectivity index (χ3n) is 2.61. The van der Waals surface area contributed by atoms with E-state index in [0.29, 0.717) is 5.02 Å². The van der Waals surface area contributed by atoms with Gasteiger partial charge >= 0.3 is 0 Å². The molecule has 0 radical (unpaired) electrons. The predicted molar refractivity (Wildman–Crippen MR) is 71.9 cm³/mol. The maximum Gasteiger partial charge on any atom is 0.180 e. The Kier molecular flexibility index (Phi) is 4.25. The van der Waals surface area contributed by atoms with Crippen molar-refractivity contribution < 1.29 is 8.42 Å². The summed E-state index contributed by atoms with van der Waals surface area (Å²) in [4.78, 5) is 0.0700. The third kappa shape index (κ3) is 3.62. The van der Waals surface area contributed by atoms with E-state index in [1.54, 1.807) is 13.8 Å². The van der Waals surface area contributed by atoms with Gasteiger partial charge in [0.1, 0.15) is 0 Å². The van der Waals surface area contributed by atoms with Crippen LogP contribution in [0.4, 0.5) is 5.69 Å². The van der Waals surface area contributed by atoms with Crippen LogP contribution in [0.25, 0.3) is 0 Å². The molecule has 0 aliphatic rings. The molecule has 0 atom stereocenters. The second-order valence-corrected chi connectivity index (χ2v) is 7.26. The Balaban J connectivity index is 2.98. The minimum atomic E-state index is -3.49. The first-order chi connectivity index (χ1) is 8.18. The van der Waals surface area contributed by atoms with E-state index in [2.05, 4.69) is 6.07 Å². The molecule has 0 amide bonds. The van der Waals surface area contributed by atoms with E-state index in [1.807, 2.05) is 0 Å². The molecule has 4 nitrogen and oxygen atoms in total. The Morgan fingerprint density at radius 2 is 2.06 bits per heavy atom. The average Bonchev–Trinajstić information content (AvgIpc) is 2.26. The Bertz CT molecular complexity index is 589. The van der Waals surface area contributed by atoms with Crippen molar-refractivity contribution in [3.05, 3.63) is 23.2 Å². The van der Waals surface area contributed by atoms with E-state index in [4.69, 9.17) is 22.6 Å². The maximum absolute atomic E-state index is 12.1. The molecule has 0 aliphatic heterocycles. The molecular weight excluding hydrogens is 272 g/mol. The molecule has 1 rings (SSSR count). The average molecular weight is 287 g/mol. The van der Waals surface area contributed by atoms with Gasteiger partial charge in [0.15, 0.2) is 9.84 Å². The van der Waals surface area contributed by atoms with Gasteiger partial charge in [-0.15, -0.1) is 0 Å². The number of halogens is 1. The van der Waals surface area contributed by atoms with Crippen LogP contribution in [0.1, 0.15) is 20.3 Å². The highest BCUT2D eigenvalue weighted by atomic mass is 35.5. The van der Waals surface area contributed by atoms with Crippen molar-refractivity contribution >= 4 is 27.1 Å². The lowest BCUT2D eigenvalue weighted by Gasteiger charge is -2.15. The monoisotopic (exact) mass is 286 g/mol. The second kappa shape index (κ2) is 5.17. The van der Waals surface area contributed by atoms with Crippen molar-refractivity contribution in [1.82, 2.24) is 0 Å². The number of rotatable bonds is 4. The standard InChI is InChI=1S/C12H15ClN2O2S/c1-12(2,8-14)5-6-18(16,17)11-4-3-9(13)7-10(11)15/h3-4,7H,5-6,15H2,1-2H3. The van der Waals surface area contributed by atoms with Crippen LogP contribution in [0.3, 0.4) is 0 Å². The molecule has 0 saturated heterocycles. The molecule has 0 fully saturated rings. The number of anilines is 1. The van der Waals surface area contributed by atoms with Crippen LogP contribution in [-0.4, -0.2) is 14.2 Å². The lowest BCUT2D eigenvalue weighted by Crippen LogP contribution is -2.17. The van der Waals surface area contributed by atoms with Gasteiger partial charge in [0.2, 0.25) is 0 Å². The Hall–Kier alpha value is -1.25. The molecule has 1 aromatic rings. The van der Waals surface area contributed by atoms with Crippen LogP contribution < -0.4 is 5.73 Å². The number of nitrogens with two attached hydrogens (primary N) is 1. The summed E-state index contributed by atoms with van der Waals surface area (Å²) >= 11 is 5.72. The van der Waals surface area contributed by atoms with Gasteiger partial charge in [-0.25, -0.2) is 8.42 Å². The zero-order valence-electron chi connectivity index (χ0n) is 10.3. The molecule has 0 unspecified atom stereocenters. The van der Waals surface area contributed by atoms with Gasteiger partial charge in [0.05, 0.1) is 27.8 Å². The highest BCUT2D eigenvalue weighted by molar-refractivity contribution is 7.91. The van der Waals surface area contributed by atoms with E-state index in [0.717, 1.165) is 0 Å². The first-order valence-electron chi connectivity index (χ1n) is 5.37. The summed E-state index contributed by atoms with van der Waals surface area (Å²) < 4.78 is 24.2. The van der Waals surface area contributed by atoms with Crippen LogP contribution in [0.2, 0.25) is 5.02 Å². The van der Waals surface area contributed by atoms with Gasteiger partial charge < -0.3 is 5.73 Å². The van der Waals surface area contributed by atoms with Crippen molar-refractivity contribution in [2.45, 2.75) is 25.2 Å². The number of benzene rings is 1. The first kappa shape index (κ1) is 14.8. The molecule has 2 N–H and O–H groups in total. The van der Waals surface area contributed by atoms with Crippen LogP contribution in [0, 0.1) is 16.7 Å². The summed E-state index contributed by atoms with van der Waals surface area (Å²) in [6.45, 7) is 3.40. The van der Waals surface area contributed by atoms with Crippen molar-refractivity contribution in [2.24, 2.45) is 5.41 Å². The minimum absolute atomic E-state index is 0.0700. The van der Waals surface area contributed by atoms with Crippen LogP contribution in [0.5, 0.6) is 0 Å². The molecule has 0 saturated carbocycles. The van der Waals surface area contributed by atoms with Gasteiger partial charge in [-0.05, 0) is 38.5 Å². The van der Waals surface area contributed by atoms with E-state index >= 15 is 0 Å². The quantitative estimate of drug-likeness (QED) is 0.862. The highest BCUT2D eigenvalue weighted by Crippen LogP contribution is 2.26. The summed E-state index contributed by atoms with van der Waals surface area (Å²) in [7, 11) is -3.49. The fraction of sp³-hybridized carbons (Fsp3) is 0.417. The van der Waals surface area contributed by atoms with Crippen LogP contribution >= 0.6 is 11.6 Å². The van der Waals surface area contributed by atoms with Gasteiger partial charge in [-0.2, -0.15) is 5.26 Å². The number of hydrogen-bond donors (Lipinski definition) is 1. The zero-order valence-corrected chi connectivity index (χ0v) is 11.8. The molecule has 6 heteroatoms. The van der Waals surface area contributed by atoms with Crippen molar-refractivity contribution in [3.8, 4) is 6.07 Å². The SMILES string of the molecule is CC(C)(C#N)CCS(=O)(=O)c1ccc(Cl)cc1N. The smallest absolute Gasteiger partial charge is 0.180 e. The number of sulfone groups is 1. The van der Waals surface area contributed by atoms with Crippen molar-refractivity contribution in [2.75, 3.05) is 11.5 Å². The van der Waals surface area contributed by atoms with Gasteiger partial charge in [-0.3, -0.25) is 0 Å². The summed E-state index contributed by atoms with van der Waals surface area (Å²) in [5, 5.41) is 9.26. The molecule has 1 aromatic carbocycles. The lowest BCUT2D eigenvalue weighted by atomic mass is 9.93. The van der Waals surface area contributed by atoms with Gasteiger partial charge in [0, 0.05) is 5.02 Å². The summed E-state index contributed by atoms with van der Waals surface area (Å²) in [6.07, 6.45) is 0.258. The summed E-state index contributed by atoms with van der Waals surface area (Å²) in [5.41, 5.74) is 5.11. The van der Waals surface area contributed by atoms with E-state index < -0.39 is 15.3 Å². The normalized spacial score (nSPS) is 12.1. The van der Waals surface area contributed by atoms with E-state index in [-0.39, 0.29) is 22.8 Å². The zero-order chi connectivity index (χ0) is 14.0. The Labute approximate surface area is 112 Å². The number of nitrogen functional groups attached to an aromatic ring is 1. The largest absolute Gasteiger partial charge is 0.398 e. The van der Waals surface area contributed by atoms with Gasteiger partial charge in [0.25, 0.3) is 0 Å². The van der Waals surface area contributed by atoms with Gasteiger partial charge in [-0.1, -0.05) is 11.6 Å². The fourth-order valence-corrected chi connectivity index (χ4v) is 3.23. The molecule has 0 heterocycles. The molecule has 98 valence electrons. The summed E-state index contributed by atoms with van der Waals surface area (Å²) in [6, 6.07) is 6.36. The Morgan fingerprint density at radius 1 is 1.44 bits per heavy atom. The molecule has 0 aliphatic carbocycles. The van der Waals surface area contributed by atoms with E-state index in [1.165, 1.54) is 18.2 Å². The number of nitrogens with zero attached hydrogens (tertiary/aromatic N) is 1. The fourth-order valence-electron chi connectivity index (χ4n) is 1.36. The number of hydrogen-bond acceptors (Lipinski definition) is 4. The lowest BCUT2D eigenvalue weighted by molar-refractivity contribution is 0.473.